The zero-order chi connectivity index (χ0) is 9.26. The van der Waals surface area contributed by atoms with Crippen molar-refractivity contribution in [2.75, 3.05) is 5.32 Å². The van der Waals surface area contributed by atoms with E-state index in [4.69, 9.17) is 5.73 Å². The number of anilines is 1. The number of carbonyl (C=O) groups is 1. The van der Waals surface area contributed by atoms with Gasteiger partial charge in [-0.1, -0.05) is 18.2 Å². The molecule has 3 heteroatoms. The van der Waals surface area contributed by atoms with Crippen molar-refractivity contribution in [2.24, 2.45) is 5.73 Å². The van der Waals surface area contributed by atoms with E-state index in [1.54, 1.807) is 0 Å². The van der Waals surface area contributed by atoms with Crippen LogP contribution < -0.4 is 11.1 Å². The van der Waals surface area contributed by atoms with E-state index in [-0.39, 0.29) is 11.9 Å². The monoisotopic (exact) mass is 176 g/mol. The van der Waals surface area contributed by atoms with Gasteiger partial charge in [-0.25, -0.2) is 0 Å². The predicted molar refractivity (Wildman–Crippen MR) is 51.4 cm³/mol. The first-order chi connectivity index (χ1) is 6.27. The van der Waals surface area contributed by atoms with Crippen LogP contribution in [0.1, 0.15) is 12.0 Å². The number of hydrogen-bond acceptors (Lipinski definition) is 2. The second-order valence-electron chi connectivity index (χ2n) is 3.30. The van der Waals surface area contributed by atoms with Gasteiger partial charge >= 0.3 is 0 Å². The Balaban J connectivity index is 2.24. The highest BCUT2D eigenvalue weighted by molar-refractivity contribution is 5.84. The maximum Gasteiger partial charge on any atom is 0.239 e. The Morgan fingerprint density at radius 2 is 2.23 bits per heavy atom. The van der Waals surface area contributed by atoms with Crippen LogP contribution in [-0.2, 0) is 11.2 Å². The average Bonchev–Trinajstić information content (AvgIpc) is 2.17. The molecule has 3 nitrogen and oxygen atoms in total. The largest absolute Gasteiger partial charge is 0.373 e. The molecule has 68 valence electrons. The molecular weight excluding hydrogens is 164 g/mol. The van der Waals surface area contributed by atoms with E-state index >= 15 is 0 Å². The van der Waals surface area contributed by atoms with Crippen molar-refractivity contribution in [3.8, 4) is 0 Å². The number of carbonyl (C=O) groups excluding carboxylic acids is 1. The number of fused-ring (bicyclic) bond motifs is 1. The molecule has 0 spiro atoms. The van der Waals surface area contributed by atoms with E-state index in [1.165, 1.54) is 5.56 Å². The quantitative estimate of drug-likeness (QED) is 0.668. The molecule has 0 aliphatic carbocycles. The molecule has 0 unspecified atom stereocenters. The summed E-state index contributed by atoms with van der Waals surface area (Å²) in [6, 6.07) is 7.81. The van der Waals surface area contributed by atoms with Gasteiger partial charge in [-0.2, -0.15) is 0 Å². The van der Waals surface area contributed by atoms with Crippen LogP contribution in [0.3, 0.4) is 0 Å². The van der Waals surface area contributed by atoms with Gasteiger partial charge in [0.2, 0.25) is 5.91 Å². The fourth-order valence-electron chi connectivity index (χ4n) is 1.65. The van der Waals surface area contributed by atoms with Crippen LogP contribution in [-0.4, -0.2) is 11.9 Å². The molecule has 1 aromatic carbocycles. The molecule has 0 radical (unpaired) electrons. The Morgan fingerprint density at radius 3 is 3.00 bits per heavy atom. The highest BCUT2D eigenvalue weighted by atomic mass is 16.1. The lowest BCUT2D eigenvalue weighted by Gasteiger charge is -2.24. The second-order valence-corrected chi connectivity index (χ2v) is 3.30. The van der Waals surface area contributed by atoms with E-state index in [0.717, 1.165) is 18.5 Å². The Morgan fingerprint density at radius 1 is 1.46 bits per heavy atom. The number of amides is 1. The lowest BCUT2D eigenvalue weighted by Crippen LogP contribution is -2.38. The number of aryl methyl sites for hydroxylation is 1. The summed E-state index contributed by atoms with van der Waals surface area (Å²) in [6.07, 6.45) is 1.73. The van der Waals surface area contributed by atoms with Crippen molar-refractivity contribution >= 4 is 11.6 Å². The number of primary amides is 1. The van der Waals surface area contributed by atoms with Crippen molar-refractivity contribution in [3.05, 3.63) is 29.8 Å². The van der Waals surface area contributed by atoms with Crippen molar-refractivity contribution in [2.45, 2.75) is 18.9 Å². The molecule has 1 heterocycles. The number of nitrogens with one attached hydrogen (secondary N) is 1. The molecule has 1 aromatic rings. The first-order valence-corrected chi connectivity index (χ1v) is 4.41. The summed E-state index contributed by atoms with van der Waals surface area (Å²) in [5.41, 5.74) is 7.53. The summed E-state index contributed by atoms with van der Waals surface area (Å²) < 4.78 is 0. The van der Waals surface area contributed by atoms with Gasteiger partial charge in [0.05, 0.1) is 0 Å². The highest BCUT2D eigenvalue weighted by Crippen LogP contribution is 2.23. The highest BCUT2D eigenvalue weighted by Gasteiger charge is 2.20. The van der Waals surface area contributed by atoms with Crippen molar-refractivity contribution in [3.63, 3.8) is 0 Å². The third kappa shape index (κ3) is 1.49. The van der Waals surface area contributed by atoms with Crippen molar-refractivity contribution in [1.29, 1.82) is 0 Å². The molecule has 1 amide bonds. The Labute approximate surface area is 76.9 Å². The Hall–Kier alpha value is -1.51. The summed E-state index contributed by atoms with van der Waals surface area (Å²) >= 11 is 0. The van der Waals surface area contributed by atoms with E-state index < -0.39 is 0 Å². The first kappa shape index (κ1) is 8.10. The molecule has 0 saturated carbocycles. The zero-order valence-corrected chi connectivity index (χ0v) is 7.29. The molecule has 0 fully saturated rings. The van der Waals surface area contributed by atoms with E-state index in [2.05, 4.69) is 11.4 Å². The fraction of sp³-hybridized carbons (Fsp3) is 0.300. The zero-order valence-electron chi connectivity index (χ0n) is 7.29. The number of nitrogens with two attached hydrogens (primary N) is 1. The summed E-state index contributed by atoms with van der Waals surface area (Å²) in [5.74, 6) is -0.269. The van der Waals surface area contributed by atoms with Gasteiger partial charge in [0.25, 0.3) is 0 Å². The topological polar surface area (TPSA) is 55.1 Å². The van der Waals surface area contributed by atoms with Gasteiger partial charge in [0, 0.05) is 5.69 Å². The molecule has 1 atom stereocenters. The molecule has 0 bridgehead atoms. The summed E-state index contributed by atoms with van der Waals surface area (Å²) in [5, 5.41) is 3.12. The third-order valence-corrected chi connectivity index (χ3v) is 2.39. The normalized spacial score (nSPS) is 20.2. The molecule has 0 aromatic heterocycles. The summed E-state index contributed by atoms with van der Waals surface area (Å²) in [7, 11) is 0. The molecule has 1 aliphatic rings. The number of hydrogen-bond donors (Lipinski definition) is 2. The molecule has 2 rings (SSSR count). The SMILES string of the molecule is NC(=O)[C@@H]1CCc2ccccc2N1. The molecule has 0 saturated heterocycles. The van der Waals surface area contributed by atoms with Crippen LogP contribution in [0.25, 0.3) is 0 Å². The predicted octanol–water partition coefficient (Wildman–Crippen LogP) is 0.899. The van der Waals surface area contributed by atoms with Crippen molar-refractivity contribution in [1.82, 2.24) is 0 Å². The number of para-hydroxylation sites is 1. The van der Waals surface area contributed by atoms with E-state index in [1.807, 2.05) is 18.2 Å². The smallest absolute Gasteiger partial charge is 0.239 e. The van der Waals surface area contributed by atoms with E-state index in [9.17, 15) is 4.79 Å². The summed E-state index contributed by atoms with van der Waals surface area (Å²) in [4.78, 5) is 10.9. The maximum absolute atomic E-state index is 10.9. The van der Waals surface area contributed by atoms with Gasteiger partial charge in [-0.3, -0.25) is 4.79 Å². The minimum atomic E-state index is -0.269. The van der Waals surface area contributed by atoms with E-state index in [0.29, 0.717) is 0 Å². The Kier molecular flexibility index (Phi) is 1.93. The first-order valence-electron chi connectivity index (χ1n) is 4.41. The summed E-state index contributed by atoms with van der Waals surface area (Å²) in [6.45, 7) is 0. The van der Waals surface area contributed by atoms with Crippen LogP contribution in [0.15, 0.2) is 24.3 Å². The van der Waals surface area contributed by atoms with Crippen molar-refractivity contribution < 1.29 is 4.79 Å². The lowest BCUT2D eigenvalue weighted by atomic mass is 9.98. The minimum absolute atomic E-state index is 0.199. The molecule has 13 heavy (non-hydrogen) atoms. The lowest BCUT2D eigenvalue weighted by molar-refractivity contribution is -0.118. The van der Waals surface area contributed by atoms with Crippen LogP contribution in [0.5, 0.6) is 0 Å². The maximum atomic E-state index is 10.9. The van der Waals surface area contributed by atoms with Crippen LogP contribution in [0, 0.1) is 0 Å². The molecule has 1 aliphatic heterocycles. The van der Waals surface area contributed by atoms with Gasteiger partial charge in [-0.05, 0) is 24.5 Å². The standard InChI is InChI=1S/C10H12N2O/c11-10(13)9-6-5-7-3-1-2-4-8(7)12-9/h1-4,9,12H,5-6H2,(H2,11,13)/t9-/m0/s1. The van der Waals surface area contributed by atoms with Crippen LogP contribution in [0.2, 0.25) is 0 Å². The van der Waals surface area contributed by atoms with Crippen LogP contribution >= 0.6 is 0 Å². The third-order valence-electron chi connectivity index (χ3n) is 2.39. The minimum Gasteiger partial charge on any atom is -0.373 e. The van der Waals surface area contributed by atoms with Crippen LogP contribution in [0.4, 0.5) is 5.69 Å². The van der Waals surface area contributed by atoms with Gasteiger partial charge in [0.15, 0.2) is 0 Å². The number of benzene rings is 1. The second kappa shape index (κ2) is 3.09. The van der Waals surface area contributed by atoms with Gasteiger partial charge in [0.1, 0.15) is 6.04 Å². The number of rotatable bonds is 1. The van der Waals surface area contributed by atoms with Gasteiger partial charge < -0.3 is 11.1 Å². The molecular formula is C10H12N2O. The molecule has 3 N–H and O–H groups in total. The fourth-order valence-corrected chi connectivity index (χ4v) is 1.65. The van der Waals surface area contributed by atoms with Gasteiger partial charge in [-0.15, -0.1) is 0 Å². The Bertz CT molecular complexity index is 335. The average molecular weight is 176 g/mol.